The molecule has 0 saturated carbocycles. The van der Waals surface area contributed by atoms with E-state index in [-0.39, 0.29) is 16.5 Å². The molecule has 0 atom stereocenters. The molecule has 1 aromatic rings. The smallest absolute Gasteiger partial charge is 0.272 e. The van der Waals surface area contributed by atoms with Crippen LogP contribution in [0.4, 0.5) is 0 Å². The van der Waals surface area contributed by atoms with Crippen molar-refractivity contribution in [1.29, 1.82) is 0 Å². The lowest BCUT2D eigenvalue weighted by Crippen LogP contribution is -2.46. The third-order valence-corrected chi connectivity index (χ3v) is 2.08. The van der Waals surface area contributed by atoms with Crippen LogP contribution in [0.3, 0.4) is 0 Å². The van der Waals surface area contributed by atoms with E-state index in [1.165, 1.54) is 0 Å². The summed E-state index contributed by atoms with van der Waals surface area (Å²) in [5, 5.41) is 0.612. The van der Waals surface area contributed by atoms with Crippen LogP contribution in [-0.4, -0.2) is 9.97 Å². The summed E-state index contributed by atoms with van der Waals surface area (Å²) in [6.45, 7) is 3.85. The molecular formula is C12H16N2O2. The van der Waals surface area contributed by atoms with E-state index in [0.29, 0.717) is 5.35 Å². The van der Waals surface area contributed by atoms with Crippen LogP contribution >= 0.6 is 0 Å². The van der Waals surface area contributed by atoms with Gasteiger partial charge in [-0.1, -0.05) is 31.6 Å². The molecule has 4 heteroatoms. The molecule has 86 valence electrons. The fourth-order valence-electron chi connectivity index (χ4n) is 1.24. The number of aromatic amines is 2. The van der Waals surface area contributed by atoms with Crippen LogP contribution in [0.2, 0.25) is 0 Å². The lowest BCUT2D eigenvalue weighted by molar-refractivity contribution is 0.958. The Labute approximate surface area is 93.0 Å². The monoisotopic (exact) mass is 220 g/mol. The summed E-state index contributed by atoms with van der Waals surface area (Å²) in [6.07, 6.45) is 8.51. The summed E-state index contributed by atoms with van der Waals surface area (Å²) in [7, 11) is 0. The molecule has 4 nitrogen and oxygen atoms in total. The lowest BCUT2D eigenvalue weighted by atomic mass is 10.3. The predicted molar refractivity (Wildman–Crippen MR) is 65.6 cm³/mol. The highest BCUT2D eigenvalue weighted by atomic mass is 16.1. The van der Waals surface area contributed by atoms with Gasteiger partial charge in [-0.15, -0.1) is 0 Å². The number of nitrogens with one attached hydrogen (secondary N) is 2. The Bertz CT molecular complexity index is 591. The van der Waals surface area contributed by atoms with Crippen LogP contribution in [-0.2, 0) is 0 Å². The molecule has 0 aliphatic heterocycles. The second kappa shape index (κ2) is 5.90. The molecular weight excluding hydrogens is 204 g/mol. The van der Waals surface area contributed by atoms with Crippen LogP contribution in [0.5, 0.6) is 0 Å². The van der Waals surface area contributed by atoms with E-state index in [1.54, 1.807) is 24.3 Å². The molecule has 0 unspecified atom stereocenters. The minimum absolute atomic E-state index is 0.260. The summed E-state index contributed by atoms with van der Waals surface area (Å²) in [6, 6.07) is 0. The quantitative estimate of drug-likeness (QED) is 0.753. The standard InChI is InChI=1S/C12H16N2O2/c1-3-5-7-9-11(15)14-10(8-6-4-2)12(16)13-9/h3,5,7-8H,4,6H2,1-2H3,(H,13,16)(H,14,15)/b5-3+,9-7+,10-8+. The Balaban J connectivity index is 3.40. The Morgan fingerprint density at radius 2 is 1.75 bits per heavy atom. The first-order valence-electron chi connectivity index (χ1n) is 5.34. The molecule has 16 heavy (non-hydrogen) atoms. The second-order valence-electron chi connectivity index (χ2n) is 3.42. The molecule has 0 bridgehead atoms. The third-order valence-electron chi connectivity index (χ3n) is 2.08. The van der Waals surface area contributed by atoms with Gasteiger partial charge in [-0.2, -0.15) is 0 Å². The van der Waals surface area contributed by atoms with E-state index >= 15 is 0 Å². The van der Waals surface area contributed by atoms with Crippen LogP contribution < -0.4 is 21.8 Å². The molecule has 0 fully saturated rings. The Hall–Kier alpha value is -1.84. The molecule has 0 radical (unpaired) electrons. The lowest BCUT2D eigenvalue weighted by Gasteiger charge is -1.89. The van der Waals surface area contributed by atoms with Gasteiger partial charge in [0.05, 0.1) is 0 Å². The van der Waals surface area contributed by atoms with Gasteiger partial charge in [0, 0.05) is 0 Å². The number of hydrogen-bond acceptors (Lipinski definition) is 2. The Kier molecular flexibility index (Phi) is 4.51. The Morgan fingerprint density at radius 3 is 2.38 bits per heavy atom. The molecule has 0 aliphatic carbocycles. The normalized spacial score (nSPS) is 13.9. The van der Waals surface area contributed by atoms with Gasteiger partial charge in [0.1, 0.15) is 10.7 Å². The largest absolute Gasteiger partial charge is 0.316 e. The minimum atomic E-state index is -0.278. The maximum Gasteiger partial charge on any atom is 0.272 e. The molecule has 0 saturated heterocycles. The highest BCUT2D eigenvalue weighted by Gasteiger charge is 1.92. The summed E-state index contributed by atoms with van der Waals surface area (Å²) in [5.41, 5.74) is -0.538. The number of unbranched alkanes of at least 4 members (excludes halogenated alkanes) is 1. The van der Waals surface area contributed by atoms with E-state index in [2.05, 4.69) is 9.97 Å². The molecule has 2 N–H and O–H groups in total. The maximum absolute atomic E-state index is 11.6. The average Bonchev–Trinajstić information content (AvgIpc) is 2.28. The highest BCUT2D eigenvalue weighted by Crippen LogP contribution is 1.83. The van der Waals surface area contributed by atoms with Crippen molar-refractivity contribution in [2.24, 2.45) is 0 Å². The minimum Gasteiger partial charge on any atom is -0.316 e. The third kappa shape index (κ3) is 3.08. The summed E-state index contributed by atoms with van der Waals surface area (Å²) >= 11 is 0. The van der Waals surface area contributed by atoms with Gasteiger partial charge in [0.25, 0.3) is 11.1 Å². The van der Waals surface area contributed by atoms with Crippen molar-refractivity contribution in [3.63, 3.8) is 0 Å². The van der Waals surface area contributed by atoms with Crippen molar-refractivity contribution in [3.05, 3.63) is 43.6 Å². The van der Waals surface area contributed by atoms with Gasteiger partial charge in [-0.25, -0.2) is 0 Å². The van der Waals surface area contributed by atoms with Gasteiger partial charge in [-0.05, 0) is 19.4 Å². The first kappa shape index (κ1) is 12.2. The number of aromatic nitrogens is 2. The van der Waals surface area contributed by atoms with E-state index in [1.807, 2.05) is 13.8 Å². The van der Waals surface area contributed by atoms with Gasteiger partial charge < -0.3 is 9.97 Å². The van der Waals surface area contributed by atoms with Crippen molar-refractivity contribution < 1.29 is 0 Å². The van der Waals surface area contributed by atoms with E-state index in [0.717, 1.165) is 12.8 Å². The van der Waals surface area contributed by atoms with E-state index < -0.39 is 0 Å². The van der Waals surface area contributed by atoms with Crippen LogP contribution in [0.25, 0.3) is 12.2 Å². The zero-order valence-corrected chi connectivity index (χ0v) is 9.54. The van der Waals surface area contributed by atoms with Crippen LogP contribution in [0, 0.1) is 0 Å². The summed E-state index contributed by atoms with van der Waals surface area (Å²) < 4.78 is 0. The van der Waals surface area contributed by atoms with Crippen molar-refractivity contribution in [2.45, 2.75) is 26.7 Å². The average molecular weight is 220 g/mol. The zero-order valence-electron chi connectivity index (χ0n) is 9.54. The number of hydrogen-bond donors (Lipinski definition) is 2. The fraction of sp³-hybridized carbons (Fsp3) is 0.333. The first-order valence-corrected chi connectivity index (χ1v) is 5.34. The predicted octanol–water partition coefficient (Wildman–Crippen LogP) is 0.000400. The van der Waals surface area contributed by atoms with E-state index in [9.17, 15) is 9.59 Å². The zero-order chi connectivity index (χ0) is 12.0. The van der Waals surface area contributed by atoms with E-state index in [4.69, 9.17) is 0 Å². The van der Waals surface area contributed by atoms with Crippen LogP contribution in [0.15, 0.2) is 21.7 Å². The van der Waals surface area contributed by atoms with Crippen molar-refractivity contribution in [1.82, 2.24) is 9.97 Å². The number of H-pyrrole nitrogens is 2. The van der Waals surface area contributed by atoms with Gasteiger partial charge >= 0.3 is 0 Å². The SMILES string of the molecule is C/C=C/C=c1/[nH]c(=O)/c(=C\CCC)[nH]c1=O. The maximum atomic E-state index is 11.6. The summed E-state index contributed by atoms with van der Waals surface area (Å²) in [4.78, 5) is 28.2. The number of rotatable bonds is 3. The van der Waals surface area contributed by atoms with Crippen molar-refractivity contribution >= 4 is 12.2 Å². The molecule has 1 heterocycles. The summed E-state index contributed by atoms with van der Waals surface area (Å²) in [5.74, 6) is 0. The Morgan fingerprint density at radius 1 is 1.12 bits per heavy atom. The topological polar surface area (TPSA) is 65.7 Å². The molecule has 0 spiro atoms. The second-order valence-corrected chi connectivity index (χ2v) is 3.42. The van der Waals surface area contributed by atoms with Gasteiger partial charge in [0.15, 0.2) is 0 Å². The van der Waals surface area contributed by atoms with Crippen LogP contribution in [0.1, 0.15) is 26.7 Å². The molecule has 1 aromatic heterocycles. The van der Waals surface area contributed by atoms with Gasteiger partial charge in [0.2, 0.25) is 0 Å². The van der Waals surface area contributed by atoms with Crippen molar-refractivity contribution in [2.75, 3.05) is 0 Å². The molecule has 0 amide bonds. The van der Waals surface area contributed by atoms with Gasteiger partial charge in [-0.3, -0.25) is 9.59 Å². The van der Waals surface area contributed by atoms with Crippen molar-refractivity contribution in [3.8, 4) is 0 Å². The fourth-order valence-corrected chi connectivity index (χ4v) is 1.24. The molecule has 0 aliphatic rings. The number of allylic oxidation sites excluding steroid dienone is 2. The molecule has 1 rings (SSSR count). The highest BCUT2D eigenvalue weighted by molar-refractivity contribution is 5.32. The first-order chi connectivity index (χ1) is 7.69. The molecule has 0 aromatic carbocycles.